The van der Waals surface area contributed by atoms with Gasteiger partial charge in [0, 0.05) is 11.5 Å². The third kappa shape index (κ3) is 8.91. The molecule has 2 bridgehead atoms. The lowest BCUT2D eigenvalue weighted by Crippen LogP contribution is -2.65. The van der Waals surface area contributed by atoms with Crippen molar-refractivity contribution in [3.63, 3.8) is 0 Å². The number of carbonyl (C=O) groups is 1. The summed E-state index contributed by atoms with van der Waals surface area (Å²) in [5.41, 5.74) is 6.67. The van der Waals surface area contributed by atoms with E-state index in [4.69, 9.17) is 48.2 Å². The molecule has 14 heteroatoms. The second-order valence-corrected chi connectivity index (χ2v) is 10.4. The van der Waals surface area contributed by atoms with Gasteiger partial charge in [0.2, 0.25) is 0 Å². The summed E-state index contributed by atoms with van der Waals surface area (Å²) in [5.74, 6) is -0.858. The fourth-order valence-corrected chi connectivity index (χ4v) is 4.27. The molecular formula is C23H40N4O10. The van der Waals surface area contributed by atoms with E-state index in [1.54, 1.807) is 20.8 Å². The summed E-state index contributed by atoms with van der Waals surface area (Å²) in [6.07, 6.45) is -2.30. The van der Waals surface area contributed by atoms with Crippen LogP contribution >= 0.6 is 0 Å². The summed E-state index contributed by atoms with van der Waals surface area (Å²) >= 11 is 0. The molecule has 3 rings (SSSR count). The Bertz CT molecular complexity index is 788. The van der Waals surface area contributed by atoms with Crippen molar-refractivity contribution < 1.29 is 47.4 Å². The zero-order valence-corrected chi connectivity index (χ0v) is 22.3. The number of amides is 1. The van der Waals surface area contributed by atoms with E-state index in [0.717, 1.165) is 0 Å². The highest BCUT2D eigenvalue weighted by atomic mass is 16.8. The molecule has 1 amide bonds. The molecule has 0 radical (unpaired) electrons. The SMILES string of the molecule is CC(C)(C)OC(=O)N[C@H]1[C@H]2OC[C@](COCCOCCOCCOCCN=[N+]=[N-])(O2)[C@@H]2OC(C)(C)O[C@H]12. The topological polar surface area (TPSA) is 161 Å². The molecule has 0 aromatic heterocycles. The minimum Gasteiger partial charge on any atom is -0.444 e. The molecule has 3 aliphatic rings. The number of ether oxygens (including phenoxy) is 9. The maximum atomic E-state index is 12.4. The third-order valence-corrected chi connectivity index (χ3v) is 5.68. The highest BCUT2D eigenvalue weighted by molar-refractivity contribution is 5.68. The monoisotopic (exact) mass is 532 g/mol. The minimum atomic E-state index is -0.864. The van der Waals surface area contributed by atoms with Crippen molar-refractivity contribution in [2.75, 3.05) is 66.0 Å². The molecule has 3 fully saturated rings. The number of alkyl carbamates (subject to hydrolysis) is 1. The lowest BCUT2D eigenvalue weighted by atomic mass is 9.88. The predicted molar refractivity (Wildman–Crippen MR) is 128 cm³/mol. The average molecular weight is 533 g/mol. The smallest absolute Gasteiger partial charge is 0.408 e. The fraction of sp³-hybridized carbons (Fsp3) is 0.957. The van der Waals surface area contributed by atoms with E-state index in [9.17, 15) is 4.79 Å². The van der Waals surface area contributed by atoms with E-state index >= 15 is 0 Å². The van der Waals surface area contributed by atoms with Crippen molar-refractivity contribution in [1.82, 2.24) is 5.32 Å². The zero-order valence-electron chi connectivity index (χ0n) is 22.3. The molecule has 37 heavy (non-hydrogen) atoms. The van der Waals surface area contributed by atoms with Gasteiger partial charge in [-0.1, -0.05) is 5.11 Å². The molecule has 3 aliphatic heterocycles. The summed E-state index contributed by atoms with van der Waals surface area (Å²) < 4.78 is 51.9. The van der Waals surface area contributed by atoms with Crippen molar-refractivity contribution in [3.05, 3.63) is 10.4 Å². The Kier molecular flexibility index (Phi) is 10.8. The summed E-state index contributed by atoms with van der Waals surface area (Å²) in [7, 11) is 0. The zero-order chi connectivity index (χ0) is 26.9. The Morgan fingerprint density at radius 1 is 1.00 bits per heavy atom. The summed E-state index contributed by atoms with van der Waals surface area (Å²) in [4.78, 5) is 15.1. The molecule has 0 unspecified atom stereocenters. The van der Waals surface area contributed by atoms with Gasteiger partial charge >= 0.3 is 6.09 Å². The molecule has 0 saturated carbocycles. The molecule has 1 N–H and O–H groups in total. The first-order valence-corrected chi connectivity index (χ1v) is 12.5. The van der Waals surface area contributed by atoms with E-state index in [-0.39, 0.29) is 13.2 Å². The van der Waals surface area contributed by atoms with Gasteiger partial charge in [-0.2, -0.15) is 0 Å². The number of nitrogens with one attached hydrogen (secondary N) is 1. The number of hydrogen-bond acceptors (Lipinski definition) is 11. The van der Waals surface area contributed by atoms with E-state index < -0.39 is 47.6 Å². The van der Waals surface area contributed by atoms with Crippen molar-refractivity contribution in [2.24, 2.45) is 5.11 Å². The molecule has 0 aromatic rings. The molecule has 3 heterocycles. The van der Waals surface area contributed by atoms with Crippen LogP contribution in [0, 0.1) is 0 Å². The molecule has 0 aromatic carbocycles. The van der Waals surface area contributed by atoms with Crippen LogP contribution in [0.5, 0.6) is 0 Å². The normalized spacial score (nSPS) is 30.0. The van der Waals surface area contributed by atoms with E-state index in [2.05, 4.69) is 15.3 Å². The Morgan fingerprint density at radius 3 is 2.24 bits per heavy atom. The Labute approximate surface area is 217 Å². The van der Waals surface area contributed by atoms with Gasteiger partial charge in [0.15, 0.2) is 12.1 Å². The number of carbonyl (C=O) groups excluding carboxylic acids is 1. The number of fused-ring (bicyclic) bond motifs is 4. The Hall–Kier alpha value is -1.74. The highest BCUT2D eigenvalue weighted by Gasteiger charge is 2.66. The molecule has 5 atom stereocenters. The third-order valence-electron chi connectivity index (χ3n) is 5.68. The van der Waals surface area contributed by atoms with Gasteiger partial charge in [-0.3, -0.25) is 0 Å². The second-order valence-electron chi connectivity index (χ2n) is 10.4. The molecule has 212 valence electrons. The molecular weight excluding hydrogens is 492 g/mol. The largest absolute Gasteiger partial charge is 0.444 e. The van der Waals surface area contributed by atoms with Crippen molar-refractivity contribution >= 4 is 6.09 Å². The summed E-state index contributed by atoms with van der Waals surface area (Å²) in [6, 6.07) is -0.600. The molecule has 0 aliphatic carbocycles. The van der Waals surface area contributed by atoms with E-state index in [1.807, 2.05) is 13.8 Å². The molecule has 3 saturated heterocycles. The van der Waals surface area contributed by atoms with Crippen molar-refractivity contribution in [1.29, 1.82) is 0 Å². The fourth-order valence-electron chi connectivity index (χ4n) is 4.27. The number of nitrogens with zero attached hydrogens (tertiary/aromatic N) is 3. The van der Waals surface area contributed by atoms with Gasteiger partial charge in [-0.25, -0.2) is 4.79 Å². The van der Waals surface area contributed by atoms with Crippen LogP contribution in [-0.2, 0) is 42.6 Å². The van der Waals surface area contributed by atoms with Gasteiger partial charge in [-0.15, -0.1) is 0 Å². The number of rotatable bonds is 15. The van der Waals surface area contributed by atoms with Crippen LogP contribution < -0.4 is 5.32 Å². The quantitative estimate of drug-likeness (QED) is 0.143. The van der Waals surface area contributed by atoms with E-state index in [0.29, 0.717) is 52.8 Å². The molecule has 0 spiro atoms. The van der Waals surface area contributed by atoms with Crippen LogP contribution in [0.3, 0.4) is 0 Å². The van der Waals surface area contributed by atoms with Gasteiger partial charge in [0.25, 0.3) is 0 Å². The van der Waals surface area contributed by atoms with Gasteiger partial charge in [0.1, 0.15) is 29.5 Å². The highest BCUT2D eigenvalue weighted by Crippen LogP contribution is 2.46. The first kappa shape index (κ1) is 29.8. The number of hydrogen-bond donors (Lipinski definition) is 1. The number of azide groups is 1. The van der Waals surface area contributed by atoms with Crippen LogP contribution in [0.15, 0.2) is 5.11 Å². The van der Waals surface area contributed by atoms with Crippen LogP contribution in [0.25, 0.3) is 10.4 Å². The van der Waals surface area contributed by atoms with Crippen LogP contribution in [0.1, 0.15) is 34.6 Å². The van der Waals surface area contributed by atoms with Gasteiger partial charge in [-0.05, 0) is 40.1 Å². The van der Waals surface area contributed by atoms with E-state index in [1.165, 1.54) is 0 Å². The van der Waals surface area contributed by atoms with Crippen molar-refractivity contribution in [3.8, 4) is 0 Å². The second kappa shape index (κ2) is 13.4. The van der Waals surface area contributed by atoms with Crippen LogP contribution in [0.2, 0.25) is 0 Å². The lowest BCUT2D eigenvalue weighted by molar-refractivity contribution is -0.213. The average Bonchev–Trinajstić information content (AvgIpc) is 3.36. The van der Waals surface area contributed by atoms with Crippen LogP contribution in [-0.4, -0.2) is 114 Å². The molecule has 14 nitrogen and oxygen atoms in total. The Morgan fingerprint density at radius 2 is 1.62 bits per heavy atom. The first-order valence-electron chi connectivity index (χ1n) is 12.5. The standard InChI is InChI=1S/C23H40N4O10/c1-21(2,3)37-20(28)26-16-17-18(35-22(4,5)34-17)23(15-33-19(16)36-23)14-32-13-12-31-11-10-30-9-8-29-7-6-25-27-24/h16-19H,6-15H2,1-5H3,(H,26,28)/t16-,17-,18-,19+,23+/m1/s1. The van der Waals surface area contributed by atoms with Crippen LogP contribution in [0.4, 0.5) is 4.79 Å². The predicted octanol–water partition coefficient (Wildman–Crippen LogP) is 1.90. The van der Waals surface area contributed by atoms with Gasteiger partial charge in [0.05, 0.1) is 59.5 Å². The lowest BCUT2D eigenvalue weighted by Gasteiger charge is -2.42. The first-order chi connectivity index (χ1) is 17.6. The Balaban J connectivity index is 1.37. The minimum absolute atomic E-state index is 0.219. The van der Waals surface area contributed by atoms with Gasteiger partial charge < -0.3 is 47.9 Å². The maximum Gasteiger partial charge on any atom is 0.408 e. The summed E-state index contributed by atoms with van der Waals surface area (Å²) in [6.45, 7) is 12.6. The maximum absolute atomic E-state index is 12.4. The van der Waals surface area contributed by atoms with Crippen molar-refractivity contribution in [2.45, 2.75) is 76.1 Å². The summed E-state index contributed by atoms with van der Waals surface area (Å²) in [5, 5.41) is 6.21.